The van der Waals surface area contributed by atoms with Crippen LogP contribution in [0, 0.1) is 11.7 Å². The number of halogens is 1. The third-order valence-electron chi connectivity index (χ3n) is 3.97. The van der Waals surface area contributed by atoms with Crippen molar-refractivity contribution in [1.82, 2.24) is 4.98 Å². The van der Waals surface area contributed by atoms with Gasteiger partial charge in [-0.25, -0.2) is 9.37 Å². The Bertz CT molecular complexity index is 609. The van der Waals surface area contributed by atoms with Gasteiger partial charge in [0.15, 0.2) is 5.13 Å². The Hall–Kier alpha value is -1.46. The third-order valence-corrected chi connectivity index (χ3v) is 4.87. The topological polar surface area (TPSA) is 36.4 Å². The Morgan fingerprint density at radius 2 is 2.10 bits per heavy atom. The number of nitrogens with zero attached hydrogens (tertiary/aromatic N) is 2. The van der Waals surface area contributed by atoms with Crippen molar-refractivity contribution in [3.63, 3.8) is 0 Å². The Labute approximate surface area is 121 Å². The first-order valence-corrected chi connectivity index (χ1v) is 7.52. The highest BCUT2D eigenvalue weighted by Crippen LogP contribution is 2.34. The average Bonchev–Trinajstić information content (AvgIpc) is 2.96. The number of β-amino-alcohol motifs (C(OH)–C–C–N with tert-alkyl or cyclic N) is 1. The van der Waals surface area contributed by atoms with E-state index in [1.807, 2.05) is 12.3 Å². The zero-order chi connectivity index (χ0) is 14.3. The summed E-state index contributed by atoms with van der Waals surface area (Å²) in [6.45, 7) is 5.33. The molecule has 106 valence electrons. The minimum Gasteiger partial charge on any atom is -0.388 e. The molecule has 20 heavy (non-hydrogen) atoms. The maximum Gasteiger partial charge on any atom is 0.185 e. The summed E-state index contributed by atoms with van der Waals surface area (Å²) >= 11 is 1.56. The van der Waals surface area contributed by atoms with Crippen LogP contribution in [0.15, 0.2) is 29.6 Å². The predicted octanol–water partition coefficient (Wildman–Crippen LogP) is 3.16. The molecule has 0 unspecified atom stereocenters. The summed E-state index contributed by atoms with van der Waals surface area (Å²) in [4.78, 5) is 6.72. The number of aromatic nitrogens is 1. The average molecular weight is 292 g/mol. The summed E-state index contributed by atoms with van der Waals surface area (Å²) < 4.78 is 12.9. The molecular weight excluding hydrogens is 275 g/mol. The van der Waals surface area contributed by atoms with E-state index in [0.29, 0.717) is 6.54 Å². The van der Waals surface area contributed by atoms with Crippen molar-refractivity contribution >= 4 is 16.5 Å². The summed E-state index contributed by atoms with van der Waals surface area (Å²) in [7, 11) is 0. The lowest BCUT2D eigenvalue weighted by Gasteiger charge is -2.20. The number of hydrogen-bond donors (Lipinski definition) is 1. The van der Waals surface area contributed by atoms with Gasteiger partial charge in [0, 0.05) is 30.0 Å². The Kier molecular flexibility index (Phi) is 3.26. The summed E-state index contributed by atoms with van der Waals surface area (Å²) in [6, 6.07) is 6.35. The summed E-state index contributed by atoms with van der Waals surface area (Å²) in [5, 5.41) is 13.1. The molecule has 0 amide bonds. The highest BCUT2D eigenvalue weighted by atomic mass is 32.1. The van der Waals surface area contributed by atoms with Gasteiger partial charge in [0.1, 0.15) is 5.82 Å². The summed E-state index contributed by atoms with van der Waals surface area (Å²) in [5.74, 6) is -0.0192. The van der Waals surface area contributed by atoms with Crippen LogP contribution >= 0.6 is 11.3 Å². The largest absolute Gasteiger partial charge is 0.388 e. The second-order valence-electron chi connectivity index (χ2n) is 5.66. The van der Waals surface area contributed by atoms with Crippen molar-refractivity contribution in [2.75, 3.05) is 18.0 Å². The van der Waals surface area contributed by atoms with E-state index in [4.69, 9.17) is 0 Å². The van der Waals surface area contributed by atoms with E-state index < -0.39 is 5.60 Å². The molecule has 2 heterocycles. The highest BCUT2D eigenvalue weighted by Gasteiger charge is 2.39. The first-order chi connectivity index (χ1) is 9.45. The normalized spacial score (nSPS) is 26.2. The van der Waals surface area contributed by atoms with Crippen molar-refractivity contribution < 1.29 is 9.50 Å². The van der Waals surface area contributed by atoms with Gasteiger partial charge in [0.05, 0.1) is 11.3 Å². The molecule has 3 nitrogen and oxygen atoms in total. The zero-order valence-electron chi connectivity index (χ0n) is 11.5. The monoisotopic (exact) mass is 292 g/mol. The smallest absolute Gasteiger partial charge is 0.185 e. The van der Waals surface area contributed by atoms with Crippen LogP contribution in [0.2, 0.25) is 0 Å². The van der Waals surface area contributed by atoms with Crippen molar-refractivity contribution in [3.8, 4) is 11.3 Å². The Morgan fingerprint density at radius 3 is 2.70 bits per heavy atom. The summed E-state index contributed by atoms with van der Waals surface area (Å²) in [5.41, 5.74) is 1.10. The second-order valence-corrected chi connectivity index (χ2v) is 6.50. The standard InChI is InChI=1S/C15H17FN2OS/c1-10-7-18(9-15(10,2)19)14-17-13(8-20-14)11-3-5-12(16)6-4-11/h3-6,8,10,19H,7,9H2,1-2H3/t10-,15+/m0/s1. The number of rotatable bonds is 2. The SMILES string of the molecule is C[C@H]1CN(c2nc(-c3ccc(F)cc3)cs2)C[C@@]1(C)O. The van der Waals surface area contributed by atoms with Gasteiger partial charge >= 0.3 is 0 Å². The molecule has 1 aliphatic rings. The van der Waals surface area contributed by atoms with Crippen LogP contribution in [-0.2, 0) is 0 Å². The molecule has 0 saturated carbocycles. The molecule has 0 bridgehead atoms. The van der Waals surface area contributed by atoms with E-state index in [1.165, 1.54) is 12.1 Å². The number of aliphatic hydroxyl groups is 1. The van der Waals surface area contributed by atoms with E-state index >= 15 is 0 Å². The fourth-order valence-electron chi connectivity index (χ4n) is 2.44. The minimum absolute atomic E-state index is 0.223. The quantitative estimate of drug-likeness (QED) is 0.923. The molecule has 0 radical (unpaired) electrons. The van der Waals surface area contributed by atoms with Crippen LogP contribution in [0.3, 0.4) is 0 Å². The molecule has 1 aromatic heterocycles. The molecular formula is C15H17FN2OS. The maximum atomic E-state index is 12.9. The molecule has 0 spiro atoms. The molecule has 2 aromatic rings. The fourth-order valence-corrected chi connectivity index (χ4v) is 3.29. The van der Waals surface area contributed by atoms with Gasteiger partial charge in [-0.2, -0.15) is 0 Å². The molecule has 5 heteroatoms. The van der Waals surface area contributed by atoms with E-state index in [1.54, 1.807) is 23.5 Å². The molecule has 0 aliphatic carbocycles. The van der Waals surface area contributed by atoms with Crippen molar-refractivity contribution in [3.05, 3.63) is 35.5 Å². The van der Waals surface area contributed by atoms with E-state index in [0.717, 1.165) is 22.9 Å². The molecule has 3 rings (SSSR count). The van der Waals surface area contributed by atoms with E-state index in [2.05, 4.69) is 16.8 Å². The van der Waals surface area contributed by atoms with Crippen LogP contribution in [0.5, 0.6) is 0 Å². The summed E-state index contributed by atoms with van der Waals surface area (Å²) in [6.07, 6.45) is 0. The Morgan fingerprint density at radius 1 is 1.40 bits per heavy atom. The van der Waals surface area contributed by atoms with Crippen LogP contribution in [0.4, 0.5) is 9.52 Å². The third kappa shape index (κ3) is 2.43. The Balaban J connectivity index is 1.83. The lowest BCUT2D eigenvalue weighted by Crippen LogP contribution is -2.33. The van der Waals surface area contributed by atoms with Gasteiger partial charge in [0.25, 0.3) is 0 Å². The number of benzene rings is 1. The van der Waals surface area contributed by atoms with Crippen LogP contribution < -0.4 is 4.90 Å². The van der Waals surface area contributed by atoms with Crippen molar-refractivity contribution in [2.45, 2.75) is 19.4 Å². The lowest BCUT2D eigenvalue weighted by molar-refractivity contribution is 0.0443. The first-order valence-electron chi connectivity index (χ1n) is 6.64. The van der Waals surface area contributed by atoms with Gasteiger partial charge < -0.3 is 10.0 Å². The predicted molar refractivity (Wildman–Crippen MR) is 79.5 cm³/mol. The second kappa shape index (κ2) is 4.82. The van der Waals surface area contributed by atoms with Crippen LogP contribution in [-0.4, -0.2) is 28.8 Å². The van der Waals surface area contributed by atoms with E-state index in [-0.39, 0.29) is 11.7 Å². The number of anilines is 1. The number of hydrogen-bond acceptors (Lipinski definition) is 4. The zero-order valence-corrected chi connectivity index (χ0v) is 12.3. The van der Waals surface area contributed by atoms with Crippen molar-refractivity contribution in [2.24, 2.45) is 5.92 Å². The maximum absolute atomic E-state index is 12.9. The number of thiazole rings is 1. The minimum atomic E-state index is -0.665. The molecule has 1 aliphatic heterocycles. The van der Waals surface area contributed by atoms with Gasteiger partial charge in [-0.05, 0) is 31.2 Å². The molecule has 1 aromatic carbocycles. The van der Waals surface area contributed by atoms with Gasteiger partial charge in [-0.1, -0.05) is 6.92 Å². The van der Waals surface area contributed by atoms with Gasteiger partial charge in [-0.15, -0.1) is 11.3 Å². The fraction of sp³-hybridized carbons (Fsp3) is 0.400. The lowest BCUT2D eigenvalue weighted by atomic mass is 9.95. The molecule has 2 atom stereocenters. The van der Waals surface area contributed by atoms with Gasteiger partial charge in [-0.3, -0.25) is 0 Å². The van der Waals surface area contributed by atoms with Crippen LogP contribution in [0.25, 0.3) is 11.3 Å². The molecule has 1 saturated heterocycles. The van der Waals surface area contributed by atoms with E-state index in [9.17, 15) is 9.50 Å². The first kappa shape index (κ1) is 13.5. The van der Waals surface area contributed by atoms with Crippen molar-refractivity contribution in [1.29, 1.82) is 0 Å². The van der Waals surface area contributed by atoms with Crippen LogP contribution in [0.1, 0.15) is 13.8 Å². The molecule has 1 fully saturated rings. The molecule has 1 N–H and O–H groups in total. The highest BCUT2D eigenvalue weighted by molar-refractivity contribution is 7.14. The van der Waals surface area contributed by atoms with Gasteiger partial charge in [0.2, 0.25) is 0 Å².